The van der Waals surface area contributed by atoms with Gasteiger partial charge in [0.05, 0.1) is 19.6 Å². The molecule has 4 rings (SSSR count). The van der Waals surface area contributed by atoms with Crippen molar-refractivity contribution >= 4 is 11.9 Å². The molecule has 2 heterocycles. The minimum Gasteiger partial charge on any atom is -0.497 e. The van der Waals surface area contributed by atoms with Crippen LogP contribution in [0.25, 0.3) is 11.4 Å². The molecule has 1 fully saturated rings. The van der Waals surface area contributed by atoms with E-state index in [0.717, 1.165) is 42.0 Å². The average Bonchev–Trinajstić information content (AvgIpc) is 3.34. The van der Waals surface area contributed by atoms with Gasteiger partial charge in [-0.15, -0.1) is 0 Å². The molecule has 8 nitrogen and oxygen atoms in total. The highest BCUT2D eigenvalue weighted by Crippen LogP contribution is 2.26. The summed E-state index contributed by atoms with van der Waals surface area (Å²) in [6.07, 6.45) is 1.71. The van der Waals surface area contributed by atoms with Crippen molar-refractivity contribution < 1.29 is 18.8 Å². The highest BCUT2D eigenvalue weighted by molar-refractivity contribution is 5.79. The lowest BCUT2D eigenvalue weighted by Crippen LogP contribution is -2.43. The third-order valence-electron chi connectivity index (χ3n) is 5.55. The Morgan fingerprint density at radius 2 is 2.03 bits per heavy atom. The van der Waals surface area contributed by atoms with Crippen LogP contribution in [0.1, 0.15) is 25.3 Å². The second kappa shape index (κ2) is 10.2. The summed E-state index contributed by atoms with van der Waals surface area (Å²) in [4.78, 5) is 19.4. The zero-order chi connectivity index (χ0) is 22.3. The van der Waals surface area contributed by atoms with Crippen LogP contribution in [0, 0.1) is 5.92 Å². The first kappa shape index (κ1) is 21.7. The number of carbonyl (C=O) groups excluding carboxylic acids is 1. The van der Waals surface area contributed by atoms with Gasteiger partial charge < -0.3 is 24.2 Å². The zero-order valence-corrected chi connectivity index (χ0v) is 18.4. The number of ether oxygens (including phenoxy) is 2. The molecule has 0 radical (unpaired) electrons. The summed E-state index contributed by atoms with van der Waals surface area (Å²) >= 11 is 0. The lowest BCUT2D eigenvalue weighted by molar-refractivity contribution is -0.125. The molecule has 1 N–H and O–H groups in total. The fourth-order valence-electron chi connectivity index (χ4n) is 3.84. The highest BCUT2D eigenvalue weighted by atomic mass is 16.5. The molecule has 0 bridgehead atoms. The van der Waals surface area contributed by atoms with Gasteiger partial charge in [0.2, 0.25) is 11.7 Å². The summed E-state index contributed by atoms with van der Waals surface area (Å²) in [6, 6.07) is 15.7. The van der Waals surface area contributed by atoms with Crippen molar-refractivity contribution in [3.05, 3.63) is 54.1 Å². The number of hydrogen-bond donors (Lipinski definition) is 1. The number of para-hydroxylation sites is 1. The smallest absolute Gasteiger partial charge is 0.324 e. The first-order valence-electron chi connectivity index (χ1n) is 10.9. The molecule has 0 saturated carbocycles. The minimum atomic E-state index is -0.139. The molecule has 8 heteroatoms. The van der Waals surface area contributed by atoms with Crippen molar-refractivity contribution in [2.24, 2.45) is 5.92 Å². The van der Waals surface area contributed by atoms with Gasteiger partial charge >= 0.3 is 6.01 Å². The number of carbonyl (C=O) groups is 1. The third-order valence-corrected chi connectivity index (χ3v) is 5.55. The van der Waals surface area contributed by atoms with Gasteiger partial charge in [0.15, 0.2) is 0 Å². The fraction of sp³-hybridized carbons (Fsp3) is 0.375. The van der Waals surface area contributed by atoms with E-state index in [9.17, 15) is 4.79 Å². The van der Waals surface area contributed by atoms with Crippen LogP contribution in [-0.4, -0.2) is 42.9 Å². The number of amides is 1. The highest BCUT2D eigenvalue weighted by Gasteiger charge is 2.28. The van der Waals surface area contributed by atoms with E-state index in [0.29, 0.717) is 31.5 Å². The Morgan fingerprint density at radius 3 is 2.81 bits per heavy atom. The second-order valence-electron chi connectivity index (χ2n) is 7.67. The van der Waals surface area contributed by atoms with Gasteiger partial charge in [-0.25, -0.2) is 0 Å². The average molecular weight is 437 g/mol. The Balaban J connectivity index is 1.37. The van der Waals surface area contributed by atoms with Crippen LogP contribution in [-0.2, 0) is 11.3 Å². The molecule has 1 saturated heterocycles. The molecule has 168 valence electrons. The molecule has 3 aromatic rings. The number of nitrogens with one attached hydrogen (secondary N) is 1. The van der Waals surface area contributed by atoms with Gasteiger partial charge in [-0.3, -0.25) is 4.79 Å². The number of aromatic nitrogens is 2. The Morgan fingerprint density at radius 1 is 1.22 bits per heavy atom. The quantitative estimate of drug-likeness (QED) is 0.576. The molecule has 1 aromatic heterocycles. The predicted octanol–water partition coefficient (Wildman–Crippen LogP) is 3.68. The van der Waals surface area contributed by atoms with E-state index in [1.165, 1.54) is 0 Å². The number of benzene rings is 2. The Bertz CT molecular complexity index is 1030. The molecular weight excluding hydrogens is 408 g/mol. The van der Waals surface area contributed by atoms with Crippen LogP contribution in [0.15, 0.2) is 53.1 Å². The summed E-state index contributed by atoms with van der Waals surface area (Å²) in [5.74, 6) is 1.97. The van der Waals surface area contributed by atoms with Crippen LogP contribution in [0.3, 0.4) is 0 Å². The summed E-state index contributed by atoms with van der Waals surface area (Å²) in [6.45, 7) is 4.30. The number of nitrogens with zero attached hydrogens (tertiary/aromatic N) is 3. The lowest BCUT2D eigenvalue weighted by atomic mass is 9.97. The van der Waals surface area contributed by atoms with Gasteiger partial charge in [0.1, 0.15) is 11.5 Å². The van der Waals surface area contributed by atoms with E-state index < -0.39 is 0 Å². The van der Waals surface area contributed by atoms with E-state index in [2.05, 4.69) is 15.5 Å². The predicted molar refractivity (Wildman–Crippen MR) is 121 cm³/mol. The van der Waals surface area contributed by atoms with Crippen LogP contribution in [0.2, 0.25) is 0 Å². The fourth-order valence-corrected chi connectivity index (χ4v) is 3.84. The Kier molecular flexibility index (Phi) is 6.89. The number of rotatable bonds is 8. The van der Waals surface area contributed by atoms with Crippen LogP contribution in [0.5, 0.6) is 11.5 Å². The van der Waals surface area contributed by atoms with Crippen molar-refractivity contribution in [2.75, 3.05) is 31.7 Å². The van der Waals surface area contributed by atoms with Crippen molar-refractivity contribution in [1.29, 1.82) is 0 Å². The van der Waals surface area contributed by atoms with E-state index in [4.69, 9.17) is 14.0 Å². The SMILES string of the molecule is CCOc1ccccc1CNC(=O)[C@H]1CCCN(c2nc(-c3ccc(OC)cc3)no2)C1. The normalized spacial score (nSPS) is 15.9. The minimum absolute atomic E-state index is 0.0240. The molecule has 0 aliphatic carbocycles. The van der Waals surface area contributed by atoms with Gasteiger partial charge in [-0.1, -0.05) is 23.4 Å². The number of anilines is 1. The maximum atomic E-state index is 12.8. The van der Waals surface area contributed by atoms with Crippen LogP contribution in [0.4, 0.5) is 6.01 Å². The van der Waals surface area contributed by atoms with E-state index in [1.54, 1.807) is 7.11 Å². The Hall–Kier alpha value is -3.55. The topological polar surface area (TPSA) is 89.7 Å². The first-order chi connectivity index (χ1) is 15.7. The summed E-state index contributed by atoms with van der Waals surface area (Å²) in [5, 5.41) is 7.16. The lowest BCUT2D eigenvalue weighted by Gasteiger charge is -2.30. The molecule has 0 spiro atoms. The van der Waals surface area contributed by atoms with Gasteiger partial charge in [-0.2, -0.15) is 4.98 Å². The molecular formula is C24H28N4O4. The maximum absolute atomic E-state index is 12.8. The molecule has 0 unspecified atom stereocenters. The largest absolute Gasteiger partial charge is 0.497 e. The maximum Gasteiger partial charge on any atom is 0.324 e. The van der Waals surface area contributed by atoms with Gasteiger partial charge in [0.25, 0.3) is 0 Å². The molecule has 1 amide bonds. The van der Waals surface area contributed by atoms with Gasteiger partial charge in [0, 0.05) is 30.8 Å². The molecule has 1 aliphatic heterocycles. The number of hydrogen-bond acceptors (Lipinski definition) is 7. The van der Waals surface area contributed by atoms with Crippen molar-refractivity contribution in [2.45, 2.75) is 26.3 Å². The molecule has 1 aliphatic rings. The molecule has 2 aromatic carbocycles. The second-order valence-corrected chi connectivity index (χ2v) is 7.67. The third kappa shape index (κ3) is 5.01. The molecule has 32 heavy (non-hydrogen) atoms. The summed E-state index contributed by atoms with van der Waals surface area (Å²) in [7, 11) is 1.63. The van der Waals surface area contributed by atoms with E-state index in [1.807, 2.05) is 60.4 Å². The number of methoxy groups -OCH3 is 1. The number of piperidine rings is 1. The van der Waals surface area contributed by atoms with Crippen molar-refractivity contribution in [1.82, 2.24) is 15.5 Å². The Labute approximate surface area is 187 Å². The standard InChI is InChI=1S/C24H28N4O4/c1-3-31-21-9-5-4-7-18(21)15-25-23(29)19-8-6-14-28(16-19)24-26-22(27-32-24)17-10-12-20(30-2)13-11-17/h4-5,7,9-13,19H,3,6,8,14-16H2,1-2H3,(H,25,29)/t19-/m0/s1. The molecule has 1 atom stereocenters. The van der Waals surface area contributed by atoms with Crippen LogP contribution < -0.4 is 19.7 Å². The van der Waals surface area contributed by atoms with Gasteiger partial charge in [-0.05, 0) is 50.1 Å². The van der Waals surface area contributed by atoms with Crippen LogP contribution >= 0.6 is 0 Å². The first-order valence-corrected chi connectivity index (χ1v) is 10.9. The van der Waals surface area contributed by atoms with Crippen molar-refractivity contribution in [3.63, 3.8) is 0 Å². The van der Waals surface area contributed by atoms with Crippen molar-refractivity contribution in [3.8, 4) is 22.9 Å². The van der Waals surface area contributed by atoms with E-state index in [-0.39, 0.29) is 11.8 Å². The summed E-state index contributed by atoms with van der Waals surface area (Å²) < 4.78 is 16.3. The zero-order valence-electron chi connectivity index (χ0n) is 18.4. The monoisotopic (exact) mass is 436 g/mol. The summed E-state index contributed by atoms with van der Waals surface area (Å²) in [5.41, 5.74) is 1.82. The van der Waals surface area contributed by atoms with E-state index >= 15 is 0 Å².